The van der Waals surface area contributed by atoms with Gasteiger partial charge in [-0.1, -0.05) is 50.2 Å². The average Bonchev–Trinajstić information content (AvgIpc) is 2.80. The number of carbonyl (C=O) groups is 2. The molecule has 5 heteroatoms. The summed E-state index contributed by atoms with van der Waals surface area (Å²) in [6.45, 7) is 8.28. The quantitative estimate of drug-likeness (QED) is 0.577. The van der Waals surface area contributed by atoms with Crippen LogP contribution in [0.15, 0.2) is 48.5 Å². The maximum absolute atomic E-state index is 13.2. The van der Waals surface area contributed by atoms with E-state index in [1.165, 1.54) is 5.56 Å². The van der Waals surface area contributed by atoms with E-state index in [2.05, 4.69) is 36.5 Å². The fraction of sp³-hybridized carbons (Fsp3) is 0.462. The lowest BCUT2D eigenvalue weighted by Crippen LogP contribution is -2.49. The van der Waals surface area contributed by atoms with Gasteiger partial charge in [0, 0.05) is 19.0 Å². The molecule has 0 fully saturated rings. The fourth-order valence-electron chi connectivity index (χ4n) is 3.35. The smallest absolute Gasteiger partial charge is 0.242 e. The van der Waals surface area contributed by atoms with Crippen LogP contribution in [0.5, 0.6) is 5.75 Å². The van der Waals surface area contributed by atoms with E-state index in [1.807, 2.05) is 38.1 Å². The lowest BCUT2D eigenvalue weighted by atomic mass is 10.0. The SMILES string of the molecule is CCc1ccc(CCC(=O)N(Cc2cccc(OC)c2)[C@@H](C)C(=O)N[C@H](C)CC)cc1. The van der Waals surface area contributed by atoms with Crippen molar-refractivity contribution in [2.45, 2.75) is 72.0 Å². The molecular weight excluding hydrogens is 388 g/mol. The Labute approximate surface area is 186 Å². The summed E-state index contributed by atoms with van der Waals surface area (Å²) in [5.41, 5.74) is 3.34. The first-order chi connectivity index (χ1) is 14.9. The minimum atomic E-state index is -0.560. The van der Waals surface area contributed by atoms with Crippen LogP contribution in [-0.4, -0.2) is 35.9 Å². The molecule has 31 heavy (non-hydrogen) atoms. The Bertz CT molecular complexity index is 848. The second-order valence-electron chi connectivity index (χ2n) is 8.04. The Morgan fingerprint density at radius 2 is 1.68 bits per heavy atom. The van der Waals surface area contributed by atoms with Crippen LogP contribution in [0.25, 0.3) is 0 Å². The van der Waals surface area contributed by atoms with E-state index in [0.717, 1.165) is 29.7 Å². The minimum absolute atomic E-state index is 0.0332. The van der Waals surface area contributed by atoms with Crippen molar-refractivity contribution >= 4 is 11.8 Å². The standard InChI is InChI=1S/C26H36N2O3/c1-6-19(3)27-26(30)20(4)28(18-23-9-8-10-24(17-23)31-5)25(29)16-15-22-13-11-21(7-2)12-14-22/h8-14,17,19-20H,6-7,15-16,18H2,1-5H3,(H,27,30)/t19-,20+/m1/s1. The molecule has 0 spiro atoms. The Morgan fingerprint density at radius 1 is 1.00 bits per heavy atom. The van der Waals surface area contributed by atoms with E-state index in [0.29, 0.717) is 19.4 Å². The molecule has 2 rings (SSSR count). The van der Waals surface area contributed by atoms with Crippen LogP contribution in [0.4, 0.5) is 0 Å². The van der Waals surface area contributed by atoms with Gasteiger partial charge in [0.25, 0.3) is 0 Å². The molecule has 0 aromatic heterocycles. The number of nitrogens with one attached hydrogen (secondary N) is 1. The number of hydrogen-bond acceptors (Lipinski definition) is 3. The van der Waals surface area contributed by atoms with Gasteiger partial charge in [-0.15, -0.1) is 0 Å². The average molecular weight is 425 g/mol. The van der Waals surface area contributed by atoms with E-state index in [-0.39, 0.29) is 17.9 Å². The van der Waals surface area contributed by atoms with Crippen LogP contribution in [0, 0.1) is 0 Å². The van der Waals surface area contributed by atoms with E-state index in [1.54, 1.807) is 18.9 Å². The first-order valence-corrected chi connectivity index (χ1v) is 11.2. The third-order valence-electron chi connectivity index (χ3n) is 5.71. The molecule has 2 amide bonds. The Morgan fingerprint density at radius 3 is 2.29 bits per heavy atom. The zero-order chi connectivity index (χ0) is 22.8. The van der Waals surface area contributed by atoms with E-state index < -0.39 is 6.04 Å². The van der Waals surface area contributed by atoms with Crippen molar-refractivity contribution in [1.82, 2.24) is 10.2 Å². The van der Waals surface area contributed by atoms with Gasteiger partial charge in [-0.25, -0.2) is 0 Å². The fourth-order valence-corrected chi connectivity index (χ4v) is 3.35. The van der Waals surface area contributed by atoms with Gasteiger partial charge in [0.05, 0.1) is 7.11 Å². The highest BCUT2D eigenvalue weighted by Crippen LogP contribution is 2.18. The van der Waals surface area contributed by atoms with E-state index in [9.17, 15) is 9.59 Å². The summed E-state index contributed by atoms with van der Waals surface area (Å²) in [6.07, 6.45) is 2.85. The summed E-state index contributed by atoms with van der Waals surface area (Å²) in [7, 11) is 1.62. The van der Waals surface area contributed by atoms with E-state index in [4.69, 9.17) is 4.74 Å². The number of nitrogens with zero attached hydrogens (tertiary/aromatic N) is 1. The molecule has 0 bridgehead atoms. The van der Waals surface area contributed by atoms with Gasteiger partial charge in [-0.3, -0.25) is 9.59 Å². The number of hydrogen-bond donors (Lipinski definition) is 1. The maximum Gasteiger partial charge on any atom is 0.242 e. The molecule has 5 nitrogen and oxygen atoms in total. The molecule has 2 aromatic rings. The number of amides is 2. The second kappa shape index (κ2) is 12.1. The van der Waals surface area contributed by atoms with Crippen molar-refractivity contribution in [3.05, 3.63) is 65.2 Å². The number of ether oxygens (including phenoxy) is 1. The number of aryl methyl sites for hydroxylation is 2. The molecule has 0 unspecified atom stereocenters. The normalized spacial score (nSPS) is 12.7. The summed E-state index contributed by atoms with van der Waals surface area (Å²) in [4.78, 5) is 27.7. The summed E-state index contributed by atoms with van der Waals surface area (Å²) >= 11 is 0. The summed E-state index contributed by atoms with van der Waals surface area (Å²) in [5, 5.41) is 3.00. The molecule has 2 aromatic carbocycles. The number of methoxy groups -OCH3 is 1. The zero-order valence-corrected chi connectivity index (χ0v) is 19.5. The van der Waals surface area contributed by atoms with Crippen molar-refractivity contribution in [3.8, 4) is 5.75 Å². The molecule has 168 valence electrons. The zero-order valence-electron chi connectivity index (χ0n) is 19.5. The van der Waals surface area contributed by atoms with Crippen molar-refractivity contribution in [3.63, 3.8) is 0 Å². The van der Waals surface area contributed by atoms with Gasteiger partial charge in [-0.05, 0) is 61.9 Å². The van der Waals surface area contributed by atoms with Gasteiger partial charge in [0.1, 0.15) is 11.8 Å². The van der Waals surface area contributed by atoms with Crippen molar-refractivity contribution in [1.29, 1.82) is 0 Å². The van der Waals surface area contributed by atoms with Gasteiger partial charge in [-0.2, -0.15) is 0 Å². The molecule has 0 heterocycles. The van der Waals surface area contributed by atoms with Gasteiger partial charge >= 0.3 is 0 Å². The number of carbonyl (C=O) groups excluding carboxylic acids is 2. The lowest BCUT2D eigenvalue weighted by Gasteiger charge is -2.30. The first-order valence-electron chi connectivity index (χ1n) is 11.2. The molecule has 0 radical (unpaired) electrons. The van der Waals surface area contributed by atoms with Crippen LogP contribution in [0.3, 0.4) is 0 Å². The third-order valence-corrected chi connectivity index (χ3v) is 5.71. The summed E-state index contributed by atoms with van der Waals surface area (Å²) in [6, 6.07) is 15.5. The highest BCUT2D eigenvalue weighted by atomic mass is 16.5. The molecule has 0 aliphatic heterocycles. The topological polar surface area (TPSA) is 58.6 Å². The highest BCUT2D eigenvalue weighted by molar-refractivity contribution is 5.87. The molecular formula is C26H36N2O3. The number of rotatable bonds is 11. The lowest BCUT2D eigenvalue weighted by molar-refractivity contribution is -0.140. The van der Waals surface area contributed by atoms with Crippen LogP contribution in [0.1, 0.15) is 57.2 Å². The molecule has 2 atom stereocenters. The van der Waals surface area contributed by atoms with Gasteiger partial charge in [0.15, 0.2) is 0 Å². The largest absolute Gasteiger partial charge is 0.497 e. The first kappa shape index (κ1) is 24.4. The van der Waals surface area contributed by atoms with Crippen LogP contribution in [0.2, 0.25) is 0 Å². The summed E-state index contributed by atoms with van der Waals surface area (Å²) < 4.78 is 5.31. The van der Waals surface area contributed by atoms with Crippen LogP contribution < -0.4 is 10.1 Å². The predicted octanol–water partition coefficient (Wildman–Crippen LogP) is 4.52. The number of benzene rings is 2. The van der Waals surface area contributed by atoms with Crippen LogP contribution >= 0.6 is 0 Å². The predicted molar refractivity (Wildman–Crippen MR) is 125 cm³/mol. The highest BCUT2D eigenvalue weighted by Gasteiger charge is 2.26. The Hall–Kier alpha value is -2.82. The second-order valence-corrected chi connectivity index (χ2v) is 8.04. The van der Waals surface area contributed by atoms with Crippen LogP contribution in [-0.2, 0) is 29.0 Å². The maximum atomic E-state index is 13.2. The van der Waals surface area contributed by atoms with E-state index >= 15 is 0 Å². The minimum Gasteiger partial charge on any atom is -0.497 e. The summed E-state index contributed by atoms with van der Waals surface area (Å²) in [5.74, 6) is 0.574. The molecule has 0 aliphatic rings. The monoisotopic (exact) mass is 424 g/mol. The molecule has 0 saturated heterocycles. The Balaban J connectivity index is 2.15. The van der Waals surface area contributed by atoms with Crippen molar-refractivity contribution < 1.29 is 14.3 Å². The molecule has 0 saturated carbocycles. The Kier molecular flexibility index (Phi) is 9.57. The van der Waals surface area contributed by atoms with Gasteiger partial charge in [0.2, 0.25) is 11.8 Å². The van der Waals surface area contributed by atoms with Crippen molar-refractivity contribution in [2.75, 3.05) is 7.11 Å². The third kappa shape index (κ3) is 7.42. The van der Waals surface area contributed by atoms with Crippen molar-refractivity contribution in [2.24, 2.45) is 0 Å². The molecule has 1 N–H and O–H groups in total. The molecule has 0 aliphatic carbocycles. The van der Waals surface area contributed by atoms with Gasteiger partial charge < -0.3 is 15.0 Å².